The Morgan fingerprint density at radius 1 is 1.04 bits per heavy atom. The highest BCUT2D eigenvalue weighted by atomic mass is 16.5. The van der Waals surface area contributed by atoms with Crippen molar-refractivity contribution in [1.82, 2.24) is 10.5 Å². The van der Waals surface area contributed by atoms with E-state index in [0.29, 0.717) is 18.0 Å². The Morgan fingerprint density at radius 2 is 1.81 bits per heavy atom. The Balaban J connectivity index is 1.56. The van der Waals surface area contributed by atoms with Crippen LogP contribution < -0.4 is 14.8 Å². The van der Waals surface area contributed by atoms with Crippen molar-refractivity contribution in [3.63, 3.8) is 0 Å². The van der Waals surface area contributed by atoms with Crippen LogP contribution in [0, 0.1) is 0 Å². The zero-order valence-corrected chi connectivity index (χ0v) is 14.7. The molecule has 1 N–H and O–H groups in total. The van der Waals surface area contributed by atoms with Gasteiger partial charge in [0.1, 0.15) is 11.5 Å². The molecule has 0 atom stereocenters. The van der Waals surface area contributed by atoms with E-state index in [9.17, 15) is 4.79 Å². The van der Waals surface area contributed by atoms with Crippen LogP contribution in [-0.2, 0) is 17.8 Å². The van der Waals surface area contributed by atoms with Crippen molar-refractivity contribution in [2.45, 2.75) is 13.0 Å². The summed E-state index contributed by atoms with van der Waals surface area (Å²) in [6, 6.07) is 16.8. The Labute approximate surface area is 151 Å². The highest BCUT2D eigenvalue weighted by Gasteiger charge is 2.11. The molecule has 3 aromatic rings. The van der Waals surface area contributed by atoms with E-state index in [1.165, 1.54) is 0 Å². The smallest absolute Gasteiger partial charge is 0.226 e. The Hall–Kier alpha value is -3.28. The predicted molar refractivity (Wildman–Crippen MR) is 97.0 cm³/mol. The van der Waals surface area contributed by atoms with Crippen LogP contribution in [-0.4, -0.2) is 25.3 Å². The number of carbonyl (C=O) groups is 1. The SMILES string of the molecule is COc1ccc(CNC(=O)Cc2cc(-c3cccc(OC)c3)on2)cc1. The normalized spacial score (nSPS) is 10.4. The summed E-state index contributed by atoms with van der Waals surface area (Å²) >= 11 is 0. The quantitative estimate of drug-likeness (QED) is 0.707. The highest BCUT2D eigenvalue weighted by molar-refractivity contribution is 5.78. The maximum absolute atomic E-state index is 12.1. The van der Waals surface area contributed by atoms with Gasteiger partial charge in [0.25, 0.3) is 0 Å². The van der Waals surface area contributed by atoms with Gasteiger partial charge in [-0.05, 0) is 29.8 Å². The summed E-state index contributed by atoms with van der Waals surface area (Å²) < 4.78 is 15.7. The Kier molecular flexibility index (Phi) is 5.53. The molecule has 6 nitrogen and oxygen atoms in total. The zero-order chi connectivity index (χ0) is 18.4. The number of benzene rings is 2. The highest BCUT2D eigenvalue weighted by Crippen LogP contribution is 2.24. The Morgan fingerprint density at radius 3 is 2.54 bits per heavy atom. The minimum atomic E-state index is -0.119. The summed E-state index contributed by atoms with van der Waals surface area (Å²) in [5.74, 6) is 2.00. The molecule has 0 bridgehead atoms. The summed E-state index contributed by atoms with van der Waals surface area (Å²) in [5, 5.41) is 6.84. The number of ether oxygens (including phenoxy) is 2. The lowest BCUT2D eigenvalue weighted by Crippen LogP contribution is -2.24. The van der Waals surface area contributed by atoms with Crippen LogP contribution in [0.15, 0.2) is 59.1 Å². The zero-order valence-electron chi connectivity index (χ0n) is 14.7. The van der Waals surface area contributed by atoms with Gasteiger partial charge in [0.15, 0.2) is 5.76 Å². The van der Waals surface area contributed by atoms with Crippen LogP contribution in [0.5, 0.6) is 11.5 Å². The molecule has 6 heteroatoms. The van der Waals surface area contributed by atoms with Crippen molar-refractivity contribution in [3.05, 3.63) is 65.9 Å². The molecule has 0 saturated carbocycles. The second kappa shape index (κ2) is 8.20. The van der Waals surface area contributed by atoms with Crippen LogP contribution in [0.4, 0.5) is 0 Å². The molecule has 0 unspecified atom stereocenters. The second-order valence-corrected chi connectivity index (χ2v) is 5.72. The number of amides is 1. The molecule has 0 aliphatic rings. The van der Waals surface area contributed by atoms with Crippen LogP contribution >= 0.6 is 0 Å². The van der Waals surface area contributed by atoms with Crippen LogP contribution in [0.3, 0.4) is 0 Å². The van der Waals surface area contributed by atoms with Gasteiger partial charge in [-0.15, -0.1) is 0 Å². The van der Waals surface area contributed by atoms with Crippen LogP contribution in [0.25, 0.3) is 11.3 Å². The molecule has 2 aromatic carbocycles. The molecule has 1 aromatic heterocycles. The number of hydrogen-bond donors (Lipinski definition) is 1. The van der Waals surface area contributed by atoms with Crippen molar-refractivity contribution in [2.24, 2.45) is 0 Å². The van der Waals surface area contributed by atoms with E-state index in [4.69, 9.17) is 14.0 Å². The van der Waals surface area contributed by atoms with E-state index < -0.39 is 0 Å². The van der Waals surface area contributed by atoms with E-state index in [1.807, 2.05) is 48.5 Å². The van der Waals surface area contributed by atoms with E-state index in [1.54, 1.807) is 20.3 Å². The fourth-order valence-electron chi connectivity index (χ4n) is 2.48. The van der Waals surface area contributed by atoms with Gasteiger partial charge in [0.2, 0.25) is 5.91 Å². The lowest BCUT2D eigenvalue weighted by Gasteiger charge is -2.05. The predicted octanol–water partition coefficient (Wildman–Crippen LogP) is 3.22. The number of hydrogen-bond acceptors (Lipinski definition) is 5. The summed E-state index contributed by atoms with van der Waals surface area (Å²) in [4.78, 5) is 12.1. The third kappa shape index (κ3) is 4.42. The van der Waals surface area contributed by atoms with Gasteiger partial charge in [0, 0.05) is 18.2 Å². The third-order valence-electron chi connectivity index (χ3n) is 3.90. The first-order valence-electron chi connectivity index (χ1n) is 8.17. The Bertz CT molecular complexity index is 872. The van der Waals surface area contributed by atoms with Gasteiger partial charge >= 0.3 is 0 Å². The summed E-state index contributed by atoms with van der Waals surface area (Å²) in [6.45, 7) is 0.448. The molecule has 0 radical (unpaired) electrons. The molecule has 0 aliphatic carbocycles. The average molecular weight is 352 g/mol. The van der Waals surface area contributed by atoms with Gasteiger partial charge < -0.3 is 19.3 Å². The number of nitrogens with zero attached hydrogens (tertiary/aromatic N) is 1. The lowest BCUT2D eigenvalue weighted by atomic mass is 10.1. The summed E-state index contributed by atoms with van der Waals surface area (Å²) in [6.07, 6.45) is 0.156. The van der Waals surface area contributed by atoms with Crippen molar-refractivity contribution in [3.8, 4) is 22.8 Å². The first kappa shape index (κ1) is 17.5. The van der Waals surface area contributed by atoms with Gasteiger partial charge in [-0.1, -0.05) is 29.4 Å². The van der Waals surface area contributed by atoms with Crippen molar-refractivity contribution >= 4 is 5.91 Å². The summed E-state index contributed by atoms with van der Waals surface area (Å²) in [7, 11) is 3.23. The van der Waals surface area contributed by atoms with E-state index in [-0.39, 0.29) is 12.3 Å². The number of rotatable bonds is 7. The molecule has 134 valence electrons. The average Bonchev–Trinajstić information content (AvgIpc) is 3.15. The maximum Gasteiger partial charge on any atom is 0.226 e. The molecule has 0 saturated heterocycles. The molecular weight excluding hydrogens is 332 g/mol. The minimum absolute atomic E-state index is 0.119. The maximum atomic E-state index is 12.1. The standard InChI is InChI=1S/C20H20N2O4/c1-24-17-8-6-14(7-9-17)13-21-20(23)12-16-11-19(26-22-16)15-4-3-5-18(10-15)25-2/h3-11H,12-13H2,1-2H3,(H,21,23). The number of aromatic nitrogens is 1. The molecule has 26 heavy (non-hydrogen) atoms. The molecule has 0 fully saturated rings. The fourth-order valence-corrected chi connectivity index (χ4v) is 2.48. The van der Waals surface area contributed by atoms with Crippen molar-refractivity contribution in [1.29, 1.82) is 0 Å². The van der Waals surface area contributed by atoms with Gasteiger partial charge in [-0.3, -0.25) is 4.79 Å². The number of nitrogens with one attached hydrogen (secondary N) is 1. The van der Waals surface area contributed by atoms with Crippen molar-refractivity contribution in [2.75, 3.05) is 14.2 Å². The van der Waals surface area contributed by atoms with Gasteiger partial charge in [0.05, 0.1) is 26.3 Å². The first-order valence-corrected chi connectivity index (χ1v) is 8.17. The van der Waals surface area contributed by atoms with Gasteiger partial charge in [-0.2, -0.15) is 0 Å². The third-order valence-corrected chi connectivity index (χ3v) is 3.90. The molecular formula is C20H20N2O4. The molecule has 3 rings (SSSR count). The fraction of sp³-hybridized carbons (Fsp3) is 0.200. The molecule has 1 heterocycles. The number of carbonyl (C=O) groups excluding carboxylic acids is 1. The van der Waals surface area contributed by atoms with Gasteiger partial charge in [-0.25, -0.2) is 0 Å². The largest absolute Gasteiger partial charge is 0.497 e. The topological polar surface area (TPSA) is 73.6 Å². The summed E-state index contributed by atoms with van der Waals surface area (Å²) in [5.41, 5.74) is 2.42. The van der Waals surface area contributed by atoms with E-state index >= 15 is 0 Å². The minimum Gasteiger partial charge on any atom is -0.497 e. The van der Waals surface area contributed by atoms with Crippen LogP contribution in [0.2, 0.25) is 0 Å². The first-order chi connectivity index (χ1) is 12.7. The van der Waals surface area contributed by atoms with Crippen molar-refractivity contribution < 1.29 is 18.8 Å². The van der Waals surface area contributed by atoms with E-state index in [2.05, 4.69) is 10.5 Å². The van der Waals surface area contributed by atoms with Crippen LogP contribution in [0.1, 0.15) is 11.3 Å². The number of methoxy groups -OCH3 is 2. The molecule has 0 aliphatic heterocycles. The van der Waals surface area contributed by atoms with E-state index in [0.717, 1.165) is 22.6 Å². The molecule has 1 amide bonds. The second-order valence-electron chi connectivity index (χ2n) is 5.72. The molecule has 0 spiro atoms. The lowest BCUT2D eigenvalue weighted by molar-refractivity contribution is -0.120. The monoisotopic (exact) mass is 352 g/mol.